The van der Waals surface area contributed by atoms with Crippen LogP contribution in [0.15, 0.2) is 0 Å². The standard InChI is InChI=1S/C13H20N4O3S/c1-3-16-11(18)10-9(15)8(13(19)20-2)12(21-10)17-5-4-7(14)6-17/h7H,3-6,14-15H2,1-2H3,(H,16,18). The van der Waals surface area contributed by atoms with E-state index in [1.165, 1.54) is 18.4 Å². The van der Waals surface area contributed by atoms with E-state index in [-0.39, 0.29) is 23.2 Å². The fourth-order valence-electron chi connectivity index (χ4n) is 2.33. The molecule has 0 bridgehead atoms. The highest BCUT2D eigenvalue weighted by molar-refractivity contribution is 7.19. The van der Waals surface area contributed by atoms with Gasteiger partial charge in [-0.15, -0.1) is 11.3 Å². The maximum absolute atomic E-state index is 12.0. The summed E-state index contributed by atoms with van der Waals surface area (Å²) in [6.45, 7) is 3.69. The lowest BCUT2D eigenvalue weighted by Gasteiger charge is -2.17. The Kier molecular flexibility index (Phi) is 4.69. The number of nitrogens with one attached hydrogen (secondary N) is 1. The van der Waals surface area contributed by atoms with Gasteiger partial charge in [-0.25, -0.2) is 4.79 Å². The zero-order valence-corrected chi connectivity index (χ0v) is 13.0. The number of hydrogen-bond acceptors (Lipinski definition) is 7. The van der Waals surface area contributed by atoms with E-state index in [4.69, 9.17) is 16.2 Å². The number of anilines is 2. The van der Waals surface area contributed by atoms with Crippen LogP contribution in [-0.4, -0.2) is 44.7 Å². The molecule has 0 saturated carbocycles. The minimum Gasteiger partial charge on any atom is -0.465 e. The second kappa shape index (κ2) is 6.31. The van der Waals surface area contributed by atoms with Gasteiger partial charge in [-0.2, -0.15) is 0 Å². The normalized spacial score (nSPS) is 17.9. The lowest BCUT2D eigenvalue weighted by atomic mass is 10.2. The summed E-state index contributed by atoms with van der Waals surface area (Å²) in [5.74, 6) is -0.810. The molecule has 1 atom stereocenters. The first-order chi connectivity index (χ1) is 9.99. The molecule has 5 N–H and O–H groups in total. The molecule has 1 unspecified atom stereocenters. The van der Waals surface area contributed by atoms with Gasteiger partial charge in [0.2, 0.25) is 0 Å². The van der Waals surface area contributed by atoms with Crippen LogP contribution in [0.5, 0.6) is 0 Å². The Morgan fingerprint density at radius 2 is 2.24 bits per heavy atom. The summed E-state index contributed by atoms with van der Waals surface area (Å²) in [4.78, 5) is 26.4. The van der Waals surface area contributed by atoms with Gasteiger partial charge in [-0.05, 0) is 13.3 Å². The topological polar surface area (TPSA) is 111 Å². The van der Waals surface area contributed by atoms with Crippen LogP contribution in [0.1, 0.15) is 33.4 Å². The second-order valence-corrected chi connectivity index (χ2v) is 5.87. The Morgan fingerprint density at radius 1 is 1.52 bits per heavy atom. The van der Waals surface area contributed by atoms with Gasteiger partial charge in [0.05, 0.1) is 12.8 Å². The van der Waals surface area contributed by atoms with Gasteiger partial charge in [-0.3, -0.25) is 4.79 Å². The largest absolute Gasteiger partial charge is 0.465 e. The number of nitrogens with two attached hydrogens (primary N) is 2. The van der Waals surface area contributed by atoms with E-state index < -0.39 is 5.97 Å². The average molecular weight is 312 g/mol. The summed E-state index contributed by atoms with van der Waals surface area (Å²) in [5.41, 5.74) is 12.4. The van der Waals surface area contributed by atoms with Crippen molar-refractivity contribution in [2.24, 2.45) is 5.73 Å². The number of nitrogen functional groups attached to an aromatic ring is 1. The van der Waals surface area contributed by atoms with E-state index in [0.29, 0.717) is 23.0 Å². The number of nitrogens with zero attached hydrogens (tertiary/aromatic N) is 1. The van der Waals surface area contributed by atoms with E-state index >= 15 is 0 Å². The molecule has 21 heavy (non-hydrogen) atoms. The minimum absolute atomic E-state index is 0.0618. The molecule has 1 aromatic heterocycles. The third kappa shape index (κ3) is 2.96. The molecule has 2 rings (SSSR count). The molecule has 116 valence electrons. The highest BCUT2D eigenvalue weighted by atomic mass is 32.1. The van der Waals surface area contributed by atoms with Gasteiger partial charge in [0.15, 0.2) is 0 Å². The van der Waals surface area contributed by atoms with Crippen molar-refractivity contribution in [1.29, 1.82) is 0 Å². The number of hydrogen-bond donors (Lipinski definition) is 3. The molecule has 1 fully saturated rings. The molecule has 1 amide bonds. The SMILES string of the molecule is CCNC(=O)c1sc(N2CCC(N)C2)c(C(=O)OC)c1N. The van der Waals surface area contributed by atoms with Gasteiger partial charge >= 0.3 is 5.97 Å². The number of ether oxygens (including phenoxy) is 1. The molecule has 1 saturated heterocycles. The van der Waals surface area contributed by atoms with Crippen LogP contribution < -0.4 is 21.7 Å². The Balaban J connectivity index is 2.44. The highest BCUT2D eigenvalue weighted by Gasteiger charge is 2.31. The molecule has 1 aromatic rings. The number of thiophene rings is 1. The Labute approximate surface area is 127 Å². The van der Waals surface area contributed by atoms with Crippen molar-refractivity contribution < 1.29 is 14.3 Å². The predicted octanol–water partition coefficient (Wildman–Crippen LogP) is 0.404. The summed E-state index contributed by atoms with van der Waals surface area (Å²) in [6, 6.07) is 0.0618. The predicted molar refractivity (Wildman–Crippen MR) is 82.9 cm³/mol. The number of amides is 1. The van der Waals surface area contributed by atoms with Crippen LogP contribution in [0.3, 0.4) is 0 Å². The molecule has 0 radical (unpaired) electrons. The molecule has 2 heterocycles. The van der Waals surface area contributed by atoms with E-state index in [0.717, 1.165) is 13.0 Å². The molecule has 1 aliphatic rings. The lowest BCUT2D eigenvalue weighted by Crippen LogP contribution is -2.26. The first kappa shape index (κ1) is 15.6. The van der Waals surface area contributed by atoms with Crippen molar-refractivity contribution >= 4 is 33.9 Å². The maximum Gasteiger partial charge on any atom is 0.343 e. The zero-order chi connectivity index (χ0) is 15.6. The average Bonchev–Trinajstić information content (AvgIpc) is 3.02. The smallest absolute Gasteiger partial charge is 0.343 e. The van der Waals surface area contributed by atoms with Crippen molar-refractivity contribution in [3.05, 3.63) is 10.4 Å². The lowest BCUT2D eigenvalue weighted by molar-refractivity contribution is 0.0603. The first-order valence-corrected chi connectivity index (χ1v) is 7.60. The van der Waals surface area contributed by atoms with Crippen molar-refractivity contribution in [3.63, 3.8) is 0 Å². The van der Waals surface area contributed by atoms with E-state index in [1.807, 2.05) is 11.8 Å². The quantitative estimate of drug-likeness (QED) is 0.694. The van der Waals surface area contributed by atoms with Gasteiger partial charge in [0, 0.05) is 25.7 Å². The van der Waals surface area contributed by atoms with Crippen LogP contribution in [0.4, 0.5) is 10.7 Å². The molecule has 1 aliphatic heterocycles. The van der Waals surface area contributed by atoms with E-state index in [9.17, 15) is 9.59 Å². The molecular formula is C13H20N4O3S. The molecule has 0 spiro atoms. The second-order valence-electron chi connectivity index (χ2n) is 4.87. The third-order valence-electron chi connectivity index (χ3n) is 3.37. The molecule has 7 nitrogen and oxygen atoms in total. The van der Waals surface area contributed by atoms with Crippen molar-refractivity contribution in [1.82, 2.24) is 5.32 Å². The number of rotatable bonds is 4. The third-order valence-corrected chi connectivity index (χ3v) is 4.64. The molecule has 0 aliphatic carbocycles. The van der Waals surface area contributed by atoms with E-state index in [2.05, 4.69) is 5.32 Å². The highest BCUT2D eigenvalue weighted by Crippen LogP contribution is 2.40. The van der Waals surface area contributed by atoms with Crippen LogP contribution >= 0.6 is 11.3 Å². The molecular weight excluding hydrogens is 292 g/mol. The summed E-state index contributed by atoms with van der Waals surface area (Å²) in [5, 5.41) is 3.36. The van der Waals surface area contributed by atoms with Crippen LogP contribution in [-0.2, 0) is 4.74 Å². The summed E-state index contributed by atoms with van der Waals surface area (Å²) in [7, 11) is 1.30. The zero-order valence-electron chi connectivity index (χ0n) is 12.1. The molecule has 8 heteroatoms. The Hall–Kier alpha value is -1.80. The maximum atomic E-state index is 12.0. The van der Waals surface area contributed by atoms with Crippen LogP contribution in [0.2, 0.25) is 0 Å². The summed E-state index contributed by atoms with van der Waals surface area (Å²) >= 11 is 1.21. The number of carbonyl (C=O) groups is 2. The first-order valence-electron chi connectivity index (χ1n) is 6.78. The monoisotopic (exact) mass is 312 g/mol. The fourth-order valence-corrected chi connectivity index (χ4v) is 3.50. The Bertz CT molecular complexity index is 558. The number of esters is 1. The number of methoxy groups -OCH3 is 1. The van der Waals surface area contributed by atoms with Gasteiger partial charge < -0.3 is 26.4 Å². The van der Waals surface area contributed by atoms with E-state index in [1.54, 1.807) is 0 Å². The minimum atomic E-state index is -0.533. The summed E-state index contributed by atoms with van der Waals surface area (Å²) in [6.07, 6.45) is 0.842. The van der Waals surface area contributed by atoms with Gasteiger partial charge in [0.25, 0.3) is 5.91 Å². The van der Waals surface area contributed by atoms with Crippen molar-refractivity contribution in [2.75, 3.05) is 37.4 Å². The van der Waals surface area contributed by atoms with Gasteiger partial charge in [0.1, 0.15) is 15.4 Å². The molecule has 0 aromatic carbocycles. The van der Waals surface area contributed by atoms with Crippen LogP contribution in [0, 0.1) is 0 Å². The summed E-state index contributed by atoms with van der Waals surface area (Å²) < 4.78 is 4.80. The van der Waals surface area contributed by atoms with Crippen molar-refractivity contribution in [3.8, 4) is 0 Å². The fraction of sp³-hybridized carbons (Fsp3) is 0.538. The number of carbonyl (C=O) groups excluding carboxylic acids is 2. The van der Waals surface area contributed by atoms with Crippen molar-refractivity contribution in [2.45, 2.75) is 19.4 Å². The van der Waals surface area contributed by atoms with Gasteiger partial charge in [-0.1, -0.05) is 0 Å². The Morgan fingerprint density at radius 3 is 2.76 bits per heavy atom. The van der Waals surface area contributed by atoms with Crippen LogP contribution in [0.25, 0.3) is 0 Å².